The Labute approximate surface area is 98.3 Å². The number of benzene rings is 1. The van der Waals surface area contributed by atoms with Crippen LogP contribution < -0.4 is 0 Å². The largest absolute Gasteiger partial charge is 0.478 e. The first-order valence-corrected chi connectivity index (χ1v) is 6.27. The van der Waals surface area contributed by atoms with Gasteiger partial charge in [0.1, 0.15) is 0 Å². The minimum atomic E-state index is -3.59. The van der Waals surface area contributed by atoms with Crippen LogP contribution in [0.4, 0.5) is 0 Å². The van der Waals surface area contributed by atoms with Gasteiger partial charge in [-0.25, -0.2) is 13.2 Å². The maximum absolute atomic E-state index is 12.0. The Morgan fingerprint density at radius 2 is 2.12 bits per heavy atom. The van der Waals surface area contributed by atoms with Crippen molar-refractivity contribution in [3.63, 3.8) is 0 Å². The van der Waals surface area contributed by atoms with E-state index in [0.717, 1.165) is 0 Å². The highest BCUT2D eigenvalue weighted by Crippen LogP contribution is 2.33. The molecule has 0 fully saturated rings. The van der Waals surface area contributed by atoms with Crippen LogP contribution in [0.5, 0.6) is 0 Å². The average Bonchev–Trinajstić information content (AvgIpc) is 2.51. The third-order valence-electron chi connectivity index (χ3n) is 2.50. The SMILES string of the molecule is COCC1=Cc2ccc(C(=O)O)cc2S1(=O)=O. The van der Waals surface area contributed by atoms with Crippen LogP contribution in [0.1, 0.15) is 15.9 Å². The van der Waals surface area contributed by atoms with Crippen molar-refractivity contribution in [1.29, 1.82) is 0 Å². The number of carboxylic acid groups (broad SMARTS) is 1. The van der Waals surface area contributed by atoms with Gasteiger partial charge >= 0.3 is 5.97 Å². The molecule has 17 heavy (non-hydrogen) atoms. The van der Waals surface area contributed by atoms with Crippen LogP contribution in [0, 0.1) is 0 Å². The van der Waals surface area contributed by atoms with E-state index in [9.17, 15) is 13.2 Å². The van der Waals surface area contributed by atoms with Gasteiger partial charge < -0.3 is 9.84 Å². The second-order valence-corrected chi connectivity index (χ2v) is 5.58. The Balaban J connectivity index is 2.56. The van der Waals surface area contributed by atoms with E-state index in [2.05, 4.69) is 0 Å². The lowest BCUT2D eigenvalue weighted by atomic mass is 10.1. The molecular weight excluding hydrogens is 244 g/mol. The molecule has 2 rings (SSSR count). The Morgan fingerprint density at radius 1 is 1.41 bits per heavy atom. The van der Waals surface area contributed by atoms with Crippen LogP contribution in [0.25, 0.3) is 6.08 Å². The number of sulfone groups is 1. The topological polar surface area (TPSA) is 80.7 Å². The molecule has 0 radical (unpaired) electrons. The lowest BCUT2D eigenvalue weighted by Gasteiger charge is -2.03. The van der Waals surface area contributed by atoms with Crippen LogP contribution >= 0.6 is 0 Å². The number of ether oxygens (including phenoxy) is 1. The molecule has 1 aliphatic heterocycles. The number of rotatable bonds is 3. The summed E-state index contributed by atoms with van der Waals surface area (Å²) in [5.74, 6) is -1.15. The van der Waals surface area contributed by atoms with Crippen molar-refractivity contribution in [2.45, 2.75) is 4.90 Å². The van der Waals surface area contributed by atoms with Gasteiger partial charge in [0.05, 0.1) is 22.0 Å². The van der Waals surface area contributed by atoms with E-state index in [1.807, 2.05) is 0 Å². The molecular formula is C11H10O5S. The molecule has 90 valence electrons. The normalized spacial score (nSPS) is 16.4. The third-order valence-corrected chi connectivity index (χ3v) is 4.36. The predicted octanol–water partition coefficient (Wildman–Crippen LogP) is 1.16. The van der Waals surface area contributed by atoms with Gasteiger partial charge in [-0.15, -0.1) is 0 Å². The summed E-state index contributed by atoms with van der Waals surface area (Å²) in [6.45, 7) is -0.0145. The second kappa shape index (κ2) is 3.97. The Morgan fingerprint density at radius 3 is 2.71 bits per heavy atom. The van der Waals surface area contributed by atoms with Crippen molar-refractivity contribution in [1.82, 2.24) is 0 Å². The summed E-state index contributed by atoms with van der Waals surface area (Å²) in [6, 6.07) is 4.04. The number of carboxylic acids is 1. The summed E-state index contributed by atoms with van der Waals surface area (Å²) < 4.78 is 28.8. The number of hydrogen-bond acceptors (Lipinski definition) is 4. The zero-order chi connectivity index (χ0) is 12.6. The van der Waals surface area contributed by atoms with Crippen molar-refractivity contribution < 1.29 is 23.1 Å². The maximum atomic E-state index is 12.0. The van der Waals surface area contributed by atoms with Crippen LogP contribution in [-0.2, 0) is 14.6 Å². The fourth-order valence-electron chi connectivity index (χ4n) is 1.67. The third kappa shape index (κ3) is 1.85. The molecule has 1 aromatic rings. The van der Waals surface area contributed by atoms with E-state index in [0.29, 0.717) is 5.56 Å². The summed E-state index contributed by atoms with van der Waals surface area (Å²) in [7, 11) is -2.19. The molecule has 1 heterocycles. The van der Waals surface area contributed by atoms with E-state index in [1.165, 1.54) is 31.4 Å². The molecule has 0 aliphatic carbocycles. The zero-order valence-electron chi connectivity index (χ0n) is 9.00. The van der Waals surface area contributed by atoms with Gasteiger partial charge in [0.2, 0.25) is 9.84 Å². The second-order valence-electron chi connectivity index (χ2n) is 3.60. The monoisotopic (exact) mass is 254 g/mol. The van der Waals surface area contributed by atoms with Crippen molar-refractivity contribution in [3.8, 4) is 0 Å². The van der Waals surface area contributed by atoms with Crippen molar-refractivity contribution in [3.05, 3.63) is 34.2 Å². The molecule has 0 aromatic heterocycles. The van der Waals surface area contributed by atoms with Gasteiger partial charge in [-0.2, -0.15) is 0 Å². The van der Waals surface area contributed by atoms with Gasteiger partial charge in [-0.05, 0) is 23.8 Å². The van der Waals surface area contributed by atoms with Crippen molar-refractivity contribution in [2.75, 3.05) is 13.7 Å². The van der Waals surface area contributed by atoms with Crippen LogP contribution in [0.3, 0.4) is 0 Å². The summed E-state index contributed by atoms with van der Waals surface area (Å²) in [4.78, 5) is 11.0. The predicted molar refractivity (Wildman–Crippen MR) is 60.4 cm³/mol. The minimum absolute atomic E-state index is 0.0145. The number of methoxy groups -OCH3 is 1. The highest BCUT2D eigenvalue weighted by Gasteiger charge is 2.30. The highest BCUT2D eigenvalue weighted by molar-refractivity contribution is 7.95. The Hall–Kier alpha value is -1.66. The zero-order valence-corrected chi connectivity index (χ0v) is 9.82. The summed E-state index contributed by atoms with van der Waals surface area (Å²) in [5, 5.41) is 8.82. The number of fused-ring (bicyclic) bond motifs is 1. The van der Waals surface area contributed by atoms with Gasteiger partial charge in [-0.1, -0.05) is 6.07 Å². The van der Waals surface area contributed by atoms with Crippen LogP contribution in [0.15, 0.2) is 28.0 Å². The first-order valence-electron chi connectivity index (χ1n) is 4.79. The van der Waals surface area contributed by atoms with E-state index >= 15 is 0 Å². The van der Waals surface area contributed by atoms with Crippen LogP contribution in [-0.4, -0.2) is 33.2 Å². The molecule has 1 aliphatic rings. The molecule has 0 saturated heterocycles. The summed E-state index contributed by atoms with van der Waals surface area (Å²) >= 11 is 0. The molecule has 0 atom stereocenters. The lowest BCUT2D eigenvalue weighted by Crippen LogP contribution is -2.06. The summed E-state index contributed by atoms with van der Waals surface area (Å²) in [5.41, 5.74) is 0.460. The standard InChI is InChI=1S/C11H10O5S/c1-16-6-9-4-7-2-3-8(11(12)13)5-10(7)17(9,14)15/h2-5H,6H2,1H3,(H,12,13). The quantitative estimate of drug-likeness (QED) is 0.875. The van der Waals surface area contributed by atoms with E-state index in [-0.39, 0.29) is 22.0 Å². The Kier molecular flexibility index (Phi) is 2.76. The lowest BCUT2D eigenvalue weighted by molar-refractivity contribution is 0.0696. The van der Waals surface area contributed by atoms with Crippen LogP contribution in [0.2, 0.25) is 0 Å². The smallest absolute Gasteiger partial charge is 0.335 e. The highest BCUT2D eigenvalue weighted by atomic mass is 32.2. The Bertz CT molecular complexity index is 613. The van der Waals surface area contributed by atoms with E-state index in [4.69, 9.17) is 9.84 Å². The number of carbonyl (C=O) groups is 1. The summed E-state index contributed by atoms with van der Waals surface area (Å²) in [6.07, 6.45) is 1.50. The maximum Gasteiger partial charge on any atom is 0.335 e. The average molecular weight is 254 g/mol. The fraction of sp³-hybridized carbons (Fsp3) is 0.182. The van der Waals surface area contributed by atoms with Gasteiger partial charge in [0.15, 0.2) is 0 Å². The van der Waals surface area contributed by atoms with Gasteiger partial charge in [0.25, 0.3) is 0 Å². The van der Waals surface area contributed by atoms with E-state index in [1.54, 1.807) is 0 Å². The molecule has 6 heteroatoms. The molecule has 0 amide bonds. The molecule has 0 bridgehead atoms. The van der Waals surface area contributed by atoms with Crippen molar-refractivity contribution >= 4 is 21.9 Å². The molecule has 5 nitrogen and oxygen atoms in total. The minimum Gasteiger partial charge on any atom is -0.478 e. The van der Waals surface area contributed by atoms with Gasteiger partial charge in [-0.3, -0.25) is 0 Å². The molecule has 1 aromatic carbocycles. The first kappa shape index (κ1) is 11.8. The molecule has 0 saturated carbocycles. The molecule has 0 unspecified atom stereocenters. The fourth-order valence-corrected chi connectivity index (χ4v) is 3.23. The number of aromatic carboxylic acids is 1. The molecule has 0 spiro atoms. The van der Waals surface area contributed by atoms with Gasteiger partial charge in [0, 0.05) is 7.11 Å². The first-order chi connectivity index (χ1) is 7.96. The number of hydrogen-bond donors (Lipinski definition) is 1. The molecule has 1 N–H and O–H groups in total. The van der Waals surface area contributed by atoms with E-state index < -0.39 is 15.8 Å². The van der Waals surface area contributed by atoms with Crippen molar-refractivity contribution in [2.24, 2.45) is 0 Å².